The molecule has 7 heteroatoms. The summed E-state index contributed by atoms with van der Waals surface area (Å²) in [7, 11) is 0. The molecule has 1 aliphatic rings. The first-order valence-electron chi connectivity index (χ1n) is 5.76. The number of fused-ring (bicyclic) bond motifs is 1. The number of aliphatic hydroxyl groups is 1. The van der Waals surface area contributed by atoms with E-state index in [9.17, 15) is 9.59 Å². The van der Waals surface area contributed by atoms with Gasteiger partial charge in [-0.25, -0.2) is 0 Å². The normalized spacial score (nSPS) is 12.1. The second-order valence-electron chi connectivity index (χ2n) is 3.85. The van der Waals surface area contributed by atoms with Gasteiger partial charge in [0.2, 0.25) is 6.79 Å². The summed E-state index contributed by atoms with van der Waals surface area (Å²) < 4.78 is 10.4. The largest absolute Gasteiger partial charge is 0.454 e. The second kappa shape index (κ2) is 6.05. The molecule has 0 spiro atoms. The Labute approximate surface area is 109 Å². The zero-order valence-corrected chi connectivity index (χ0v) is 10.1. The lowest BCUT2D eigenvalue weighted by Gasteiger charge is -2.06. The molecule has 2 amide bonds. The van der Waals surface area contributed by atoms with Crippen LogP contribution in [-0.4, -0.2) is 36.9 Å². The fraction of sp³-hybridized carbons (Fsp3) is 0.333. The van der Waals surface area contributed by atoms with Gasteiger partial charge in [0, 0.05) is 13.1 Å². The van der Waals surface area contributed by atoms with Gasteiger partial charge in [0.15, 0.2) is 11.5 Å². The van der Waals surface area contributed by atoms with Gasteiger partial charge in [0.05, 0.1) is 6.61 Å². The highest BCUT2D eigenvalue weighted by atomic mass is 16.7. The summed E-state index contributed by atoms with van der Waals surface area (Å²) >= 11 is 0. The Bertz CT molecular complexity index is 489. The molecule has 0 saturated carbocycles. The molecule has 1 aliphatic heterocycles. The second-order valence-corrected chi connectivity index (χ2v) is 3.85. The molecule has 0 unspecified atom stereocenters. The molecule has 1 aromatic rings. The van der Waals surface area contributed by atoms with Gasteiger partial charge in [0.1, 0.15) is 0 Å². The Morgan fingerprint density at radius 1 is 1.16 bits per heavy atom. The van der Waals surface area contributed by atoms with Crippen LogP contribution < -0.4 is 20.1 Å². The Kier molecular flexibility index (Phi) is 4.19. The molecule has 19 heavy (non-hydrogen) atoms. The Hall–Kier alpha value is -2.28. The van der Waals surface area contributed by atoms with E-state index in [1.54, 1.807) is 18.2 Å². The third-order valence-electron chi connectivity index (χ3n) is 2.49. The van der Waals surface area contributed by atoms with E-state index in [0.717, 1.165) is 5.56 Å². The quantitative estimate of drug-likeness (QED) is 0.616. The lowest BCUT2D eigenvalue weighted by atomic mass is 10.2. The molecule has 1 aromatic carbocycles. The van der Waals surface area contributed by atoms with Crippen LogP contribution >= 0.6 is 0 Å². The molecule has 0 bridgehead atoms. The summed E-state index contributed by atoms with van der Waals surface area (Å²) in [6, 6.07) is 5.27. The minimum Gasteiger partial charge on any atom is -0.454 e. The zero-order chi connectivity index (χ0) is 13.7. The molecule has 0 aromatic heterocycles. The van der Waals surface area contributed by atoms with Gasteiger partial charge in [-0.05, 0) is 17.7 Å². The smallest absolute Gasteiger partial charge is 0.309 e. The number of ether oxygens (including phenoxy) is 2. The van der Waals surface area contributed by atoms with Crippen LogP contribution in [0.15, 0.2) is 18.2 Å². The standard InChI is InChI=1S/C12H14N2O5/c15-4-3-13-11(16)12(17)14-6-8-1-2-9-10(5-8)19-7-18-9/h1-2,5,15H,3-4,6-7H2,(H,13,16)(H,14,17). The number of nitrogens with one attached hydrogen (secondary N) is 2. The van der Waals surface area contributed by atoms with Crippen molar-refractivity contribution in [2.45, 2.75) is 6.54 Å². The van der Waals surface area contributed by atoms with Gasteiger partial charge >= 0.3 is 11.8 Å². The van der Waals surface area contributed by atoms with Crippen LogP contribution in [-0.2, 0) is 16.1 Å². The highest BCUT2D eigenvalue weighted by Gasteiger charge is 2.15. The highest BCUT2D eigenvalue weighted by Crippen LogP contribution is 2.32. The van der Waals surface area contributed by atoms with Crippen LogP contribution in [0, 0.1) is 0 Å². The molecule has 0 radical (unpaired) electrons. The van der Waals surface area contributed by atoms with Crippen molar-refractivity contribution < 1.29 is 24.2 Å². The molecule has 0 saturated heterocycles. The van der Waals surface area contributed by atoms with E-state index in [1.165, 1.54) is 0 Å². The van der Waals surface area contributed by atoms with Crippen LogP contribution in [0.1, 0.15) is 5.56 Å². The summed E-state index contributed by atoms with van der Waals surface area (Å²) in [6.07, 6.45) is 0. The van der Waals surface area contributed by atoms with Gasteiger partial charge in [-0.3, -0.25) is 9.59 Å². The highest BCUT2D eigenvalue weighted by molar-refractivity contribution is 6.35. The monoisotopic (exact) mass is 266 g/mol. The minimum atomic E-state index is -0.769. The van der Waals surface area contributed by atoms with Crippen molar-refractivity contribution >= 4 is 11.8 Å². The average Bonchev–Trinajstić information content (AvgIpc) is 2.89. The van der Waals surface area contributed by atoms with Gasteiger partial charge in [-0.1, -0.05) is 6.07 Å². The molecule has 102 valence electrons. The van der Waals surface area contributed by atoms with Gasteiger partial charge < -0.3 is 25.2 Å². The fourth-order valence-corrected chi connectivity index (χ4v) is 1.56. The van der Waals surface area contributed by atoms with E-state index < -0.39 is 11.8 Å². The third-order valence-corrected chi connectivity index (χ3v) is 2.49. The van der Waals surface area contributed by atoms with Gasteiger partial charge in [0.25, 0.3) is 0 Å². The predicted molar refractivity (Wildman–Crippen MR) is 64.5 cm³/mol. The first-order chi connectivity index (χ1) is 9.20. The van der Waals surface area contributed by atoms with Crippen molar-refractivity contribution in [1.82, 2.24) is 10.6 Å². The zero-order valence-electron chi connectivity index (χ0n) is 10.1. The van der Waals surface area contributed by atoms with E-state index in [1.807, 2.05) is 0 Å². The van der Waals surface area contributed by atoms with Gasteiger partial charge in [-0.15, -0.1) is 0 Å². The number of aliphatic hydroxyl groups excluding tert-OH is 1. The lowest BCUT2D eigenvalue weighted by molar-refractivity contribution is -0.139. The number of amides is 2. The molecule has 0 aliphatic carbocycles. The summed E-state index contributed by atoms with van der Waals surface area (Å²) in [5.74, 6) is -0.229. The summed E-state index contributed by atoms with van der Waals surface area (Å²) in [6.45, 7) is 0.244. The maximum atomic E-state index is 11.4. The Morgan fingerprint density at radius 2 is 1.89 bits per heavy atom. The number of hydrogen-bond acceptors (Lipinski definition) is 5. The molecule has 1 heterocycles. The van der Waals surface area contributed by atoms with Crippen LogP contribution in [0.4, 0.5) is 0 Å². The first-order valence-corrected chi connectivity index (χ1v) is 5.76. The number of hydrogen-bond donors (Lipinski definition) is 3. The van der Waals surface area contributed by atoms with Crippen LogP contribution in [0.25, 0.3) is 0 Å². The van der Waals surface area contributed by atoms with E-state index in [2.05, 4.69) is 10.6 Å². The van der Waals surface area contributed by atoms with Crippen LogP contribution in [0.5, 0.6) is 11.5 Å². The Morgan fingerprint density at radius 3 is 2.68 bits per heavy atom. The Balaban J connectivity index is 1.85. The summed E-state index contributed by atoms with van der Waals surface area (Å²) in [4.78, 5) is 22.6. The van der Waals surface area contributed by atoms with Crippen molar-refractivity contribution in [1.29, 1.82) is 0 Å². The van der Waals surface area contributed by atoms with Gasteiger partial charge in [-0.2, -0.15) is 0 Å². The van der Waals surface area contributed by atoms with Crippen molar-refractivity contribution in [3.63, 3.8) is 0 Å². The maximum Gasteiger partial charge on any atom is 0.309 e. The van der Waals surface area contributed by atoms with Crippen molar-refractivity contribution in [2.24, 2.45) is 0 Å². The molecule has 0 atom stereocenters. The third kappa shape index (κ3) is 3.35. The SMILES string of the molecule is O=C(NCCO)C(=O)NCc1ccc2c(c1)OCO2. The molecular formula is C12H14N2O5. The predicted octanol–water partition coefficient (Wildman–Crippen LogP) is -0.860. The number of rotatable bonds is 4. The van der Waals surface area contributed by atoms with Crippen molar-refractivity contribution in [3.05, 3.63) is 23.8 Å². The van der Waals surface area contributed by atoms with Crippen LogP contribution in [0.2, 0.25) is 0 Å². The molecule has 2 rings (SSSR count). The van der Waals surface area contributed by atoms with E-state index >= 15 is 0 Å². The van der Waals surface area contributed by atoms with E-state index in [-0.39, 0.29) is 26.5 Å². The fourth-order valence-electron chi connectivity index (χ4n) is 1.56. The first kappa shape index (κ1) is 13.2. The molecule has 3 N–H and O–H groups in total. The topological polar surface area (TPSA) is 96.9 Å². The summed E-state index contributed by atoms with van der Waals surface area (Å²) in [5, 5.41) is 13.3. The minimum absolute atomic E-state index is 0.0519. The molecule has 0 fully saturated rings. The van der Waals surface area contributed by atoms with E-state index in [4.69, 9.17) is 14.6 Å². The molecule has 7 nitrogen and oxygen atoms in total. The number of carbonyl (C=O) groups excluding carboxylic acids is 2. The maximum absolute atomic E-state index is 11.4. The van der Waals surface area contributed by atoms with Crippen molar-refractivity contribution in [3.8, 4) is 11.5 Å². The number of benzene rings is 1. The van der Waals surface area contributed by atoms with E-state index in [0.29, 0.717) is 11.5 Å². The average molecular weight is 266 g/mol. The summed E-state index contributed by atoms with van der Waals surface area (Å²) in [5.41, 5.74) is 0.799. The lowest BCUT2D eigenvalue weighted by Crippen LogP contribution is -2.40. The van der Waals surface area contributed by atoms with Crippen molar-refractivity contribution in [2.75, 3.05) is 19.9 Å². The molecular weight excluding hydrogens is 252 g/mol. The number of carbonyl (C=O) groups is 2. The van der Waals surface area contributed by atoms with Crippen LogP contribution in [0.3, 0.4) is 0 Å².